The van der Waals surface area contributed by atoms with Crippen LogP contribution in [-0.2, 0) is 9.53 Å². The van der Waals surface area contributed by atoms with E-state index < -0.39 is 40.5 Å². The average Bonchev–Trinajstić information content (AvgIpc) is 3.09. The lowest BCUT2D eigenvalue weighted by molar-refractivity contribution is -0.119. The predicted molar refractivity (Wildman–Crippen MR) is 126 cm³/mol. The summed E-state index contributed by atoms with van der Waals surface area (Å²) in [4.78, 5) is 41.6. The largest absolute Gasteiger partial charge is 0.442 e. The van der Waals surface area contributed by atoms with E-state index in [1.54, 1.807) is 36.5 Å². The van der Waals surface area contributed by atoms with E-state index in [1.807, 2.05) is 0 Å². The van der Waals surface area contributed by atoms with E-state index in [4.69, 9.17) is 4.74 Å². The number of anilines is 1. The van der Waals surface area contributed by atoms with E-state index in [9.17, 15) is 14.4 Å². The molecule has 0 spiro atoms. The molecular formula is C25H24F2N4O4. The van der Waals surface area contributed by atoms with Crippen LogP contribution in [0.4, 0.5) is 19.3 Å². The Labute approximate surface area is 200 Å². The molecule has 0 saturated carbocycles. The fourth-order valence-corrected chi connectivity index (χ4v) is 4.06. The molecule has 2 amide bonds. The number of hydrogen-bond donors (Lipinski definition) is 2. The fraction of sp³-hybridized carbons (Fsp3) is 0.280. The normalized spacial score (nSPS) is 21.9. The van der Waals surface area contributed by atoms with Gasteiger partial charge in [0.25, 0.3) is 0 Å². The van der Waals surface area contributed by atoms with Crippen LogP contribution in [-0.4, -0.2) is 46.6 Å². The van der Waals surface area contributed by atoms with Crippen LogP contribution in [0.1, 0.15) is 20.3 Å². The van der Waals surface area contributed by atoms with Gasteiger partial charge < -0.3 is 15.4 Å². The number of nitrogens with zero attached hydrogens (tertiary/aromatic N) is 2. The first-order valence-electron chi connectivity index (χ1n) is 11.0. The smallest absolute Gasteiger partial charge is 0.411 e. The van der Waals surface area contributed by atoms with Gasteiger partial charge in [-0.25, -0.2) is 13.6 Å². The van der Waals surface area contributed by atoms with Gasteiger partial charge in [-0.1, -0.05) is 18.2 Å². The number of cyclic esters (lactones) is 1. The lowest BCUT2D eigenvalue weighted by Crippen LogP contribution is -2.48. The lowest BCUT2D eigenvalue weighted by Gasteiger charge is -2.36. The summed E-state index contributed by atoms with van der Waals surface area (Å²) >= 11 is 0. The monoisotopic (exact) mass is 482 g/mol. The highest BCUT2D eigenvalue weighted by molar-refractivity contribution is 5.74. The number of carbonyl (C=O) groups excluding carboxylic acids is 2. The first kappa shape index (κ1) is 24.1. The van der Waals surface area contributed by atoms with Crippen LogP contribution in [0, 0.1) is 0 Å². The highest BCUT2D eigenvalue weighted by Gasteiger charge is 2.45. The molecule has 1 aliphatic carbocycles. The van der Waals surface area contributed by atoms with Crippen molar-refractivity contribution in [3.8, 4) is 11.3 Å². The fourth-order valence-electron chi connectivity index (χ4n) is 4.06. The number of halogens is 2. The molecule has 0 radical (unpaired) electrons. The van der Waals surface area contributed by atoms with E-state index in [-0.39, 0.29) is 31.1 Å². The van der Waals surface area contributed by atoms with Crippen LogP contribution in [0.2, 0.25) is 0 Å². The molecule has 1 fully saturated rings. The number of ether oxygens (including phenoxy) is 1. The summed E-state index contributed by atoms with van der Waals surface area (Å²) in [7, 11) is 0. The summed E-state index contributed by atoms with van der Waals surface area (Å²) in [5.74, 6) is -2.08. The zero-order valence-electron chi connectivity index (χ0n) is 19.2. The minimum Gasteiger partial charge on any atom is -0.442 e. The van der Waals surface area contributed by atoms with Crippen molar-refractivity contribution in [3.63, 3.8) is 0 Å². The second kappa shape index (κ2) is 9.65. The molecule has 35 heavy (non-hydrogen) atoms. The number of nitrogens with one attached hydrogen (secondary N) is 2. The zero-order chi connectivity index (χ0) is 25.2. The van der Waals surface area contributed by atoms with E-state index >= 15 is 8.78 Å². The third-order valence-corrected chi connectivity index (χ3v) is 5.84. The number of carbonyl (C=O) groups is 2. The SMILES string of the molecule is CC(=O)NC[C@H]1CN(C2(C)C=C(F)C(Nc3cc(-c4ccccn4)cccc3=O)=C(F)C2)C(=O)O1. The molecular weight excluding hydrogens is 458 g/mol. The van der Waals surface area contributed by atoms with Crippen molar-refractivity contribution in [2.75, 3.05) is 18.4 Å². The van der Waals surface area contributed by atoms with E-state index in [0.717, 1.165) is 6.08 Å². The molecule has 1 unspecified atom stereocenters. The van der Waals surface area contributed by atoms with Gasteiger partial charge in [-0.05, 0) is 37.3 Å². The van der Waals surface area contributed by atoms with Crippen molar-refractivity contribution in [2.24, 2.45) is 0 Å². The van der Waals surface area contributed by atoms with Crippen molar-refractivity contribution < 1.29 is 23.1 Å². The van der Waals surface area contributed by atoms with Crippen LogP contribution in [0.5, 0.6) is 0 Å². The second-order valence-electron chi connectivity index (χ2n) is 8.60. The van der Waals surface area contributed by atoms with Gasteiger partial charge in [-0.3, -0.25) is 19.5 Å². The van der Waals surface area contributed by atoms with Gasteiger partial charge in [0.2, 0.25) is 11.3 Å². The quantitative estimate of drug-likeness (QED) is 0.652. The molecule has 2 N–H and O–H groups in total. The van der Waals surface area contributed by atoms with Gasteiger partial charge in [0.05, 0.1) is 30.0 Å². The van der Waals surface area contributed by atoms with E-state index in [2.05, 4.69) is 15.6 Å². The molecule has 8 nitrogen and oxygen atoms in total. The maximum absolute atomic E-state index is 15.2. The first-order chi connectivity index (χ1) is 16.7. The van der Waals surface area contributed by atoms with Gasteiger partial charge in [0, 0.05) is 25.1 Å². The molecule has 1 aromatic heterocycles. The number of pyridine rings is 1. The maximum atomic E-state index is 15.2. The van der Waals surface area contributed by atoms with Gasteiger partial charge in [0.1, 0.15) is 23.5 Å². The second-order valence-corrected chi connectivity index (χ2v) is 8.60. The Morgan fingerprint density at radius 1 is 1.23 bits per heavy atom. The molecule has 182 valence electrons. The molecule has 1 aromatic carbocycles. The van der Waals surface area contributed by atoms with Gasteiger partial charge in [0.15, 0.2) is 0 Å². The van der Waals surface area contributed by atoms with Crippen LogP contribution in [0.15, 0.2) is 76.9 Å². The number of hydrogen-bond acceptors (Lipinski definition) is 6. The van der Waals surface area contributed by atoms with Crippen LogP contribution in [0.3, 0.4) is 0 Å². The van der Waals surface area contributed by atoms with Gasteiger partial charge >= 0.3 is 6.09 Å². The third-order valence-electron chi connectivity index (χ3n) is 5.84. The Morgan fingerprint density at radius 3 is 2.71 bits per heavy atom. The molecule has 2 aliphatic rings. The molecule has 1 saturated heterocycles. The van der Waals surface area contributed by atoms with Crippen molar-refractivity contribution in [3.05, 3.63) is 82.3 Å². The highest BCUT2D eigenvalue weighted by atomic mass is 19.1. The summed E-state index contributed by atoms with van der Waals surface area (Å²) in [5.41, 5.74) is -1.11. The Balaban J connectivity index is 1.58. The van der Waals surface area contributed by atoms with Crippen molar-refractivity contribution >= 4 is 17.7 Å². The number of allylic oxidation sites excluding steroid dienone is 1. The van der Waals surface area contributed by atoms with E-state index in [0.29, 0.717) is 11.3 Å². The van der Waals surface area contributed by atoms with Gasteiger partial charge in [-0.2, -0.15) is 0 Å². The summed E-state index contributed by atoms with van der Waals surface area (Å²) in [6.07, 6.45) is 1.04. The topological polar surface area (TPSA) is 101 Å². The van der Waals surface area contributed by atoms with Crippen molar-refractivity contribution in [1.29, 1.82) is 0 Å². The molecule has 4 rings (SSSR count). The summed E-state index contributed by atoms with van der Waals surface area (Å²) < 4.78 is 35.7. The van der Waals surface area contributed by atoms with Crippen LogP contribution in [0.25, 0.3) is 11.3 Å². The van der Waals surface area contributed by atoms with Crippen LogP contribution >= 0.6 is 0 Å². The van der Waals surface area contributed by atoms with E-state index in [1.165, 1.54) is 30.9 Å². The molecule has 2 heterocycles. The standard InChI is InChI=1S/C25H24F2N4O4/c1-15(32)29-13-17-14-31(24(34)35-17)25(2)11-18(26)23(19(27)12-25)30-21-10-16(6-5-8-22(21)33)20-7-3-4-9-28-20/h3-11,17H,12-14H2,1-2H3,(H,29,32)(H,30,33)/t17-,25?/m0/s1. The molecule has 2 aromatic rings. The minimum absolute atomic E-state index is 0.0242. The summed E-state index contributed by atoms with van der Waals surface area (Å²) in [6, 6.07) is 11.3. The van der Waals surface area contributed by atoms with Crippen molar-refractivity contribution in [1.82, 2.24) is 15.2 Å². The summed E-state index contributed by atoms with van der Waals surface area (Å²) in [6.45, 7) is 3.01. The van der Waals surface area contributed by atoms with Gasteiger partial charge in [-0.15, -0.1) is 0 Å². The molecule has 0 bridgehead atoms. The predicted octanol–water partition coefficient (Wildman–Crippen LogP) is 3.67. The van der Waals surface area contributed by atoms with Crippen molar-refractivity contribution in [2.45, 2.75) is 31.9 Å². The number of rotatable bonds is 6. The highest BCUT2D eigenvalue weighted by Crippen LogP contribution is 2.39. The summed E-state index contributed by atoms with van der Waals surface area (Å²) in [5, 5.41) is 5.16. The molecule has 10 heteroatoms. The molecule has 1 aliphatic heterocycles. The lowest BCUT2D eigenvalue weighted by atomic mass is 9.89. The average molecular weight is 482 g/mol. The number of aromatic nitrogens is 1. The Kier molecular flexibility index (Phi) is 6.63. The first-order valence-corrected chi connectivity index (χ1v) is 11.0. The minimum atomic E-state index is -1.33. The Morgan fingerprint density at radius 2 is 2.03 bits per heavy atom. The zero-order valence-corrected chi connectivity index (χ0v) is 19.2. The molecule has 2 atom stereocenters. The number of amides is 2. The Hall–Kier alpha value is -4.08. The van der Waals surface area contributed by atoms with Crippen LogP contribution < -0.4 is 16.1 Å². The third kappa shape index (κ3) is 5.21. The maximum Gasteiger partial charge on any atom is 0.411 e. The Bertz CT molecular complexity index is 1280.